The Labute approximate surface area is 161 Å². The molecule has 3 rings (SSSR count). The lowest BCUT2D eigenvalue weighted by Gasteiger charge is -2.35. The molecule has 1 saturated heterocycles. The number of halogens is 1. The summed E-state index contributed by atoms with van der Waals surface area (Å²) in [6.45, 7) is 5.56. The summed E-state index contributed by atoms with van der Waals surface area (Å²) in [5.74, 6) is -0.161. The van der Waals surface area contributed by atoms with Gasteiger partial charge in [0.2, 0.25) is 0 Å². The number of nitrogens with one attached hydrogen (secondary N) is 2. The van der Waals surface area contributed by atoms with Crippen LogP contribution in [0.1, 0.15) is 40.3 Å². The molecule has 1 aliphatic rings. The number of nitrogens with zero attached hydrogens (tertiary/aromatic N) is 1. The van der Waals surface area contributed by atoms with Gasteiger partial charge in [-0.1, -0.05) is 12.1 Å². The topological polar surface area (TPSA) is 74.4 Å². The van der Waals surface area contributed by atoms with E-state index in [1.54, 1.807) is 24.4 Å². The van der Waals surface area contributed by atoms with Crippen molar-refractivity contribution in [3.8, 4) is 0 Å². The largest absolute Gasteiger partial charge is 0.372 e. The second kappa shape index (κ2) is 8.05. The Morgan fingerprint density at radius 2 is 1.88 bits per heavy atom. The highest BCUT2D eigenvalue weighted by Gasteiger charge is 2.26. The van der Waals surface area contributed by atoms with Gasteiger partial charge in [-0.2, -0.15) is 0 Å². The Balaban J connectivity index is 1.58. The van der Waals surface area contributed by atoms with Gasteiger partial charge in [-0.3, -0.25) is 9.59 Å². The summed E-state index contributed by atoms with van der Waals surface area (Å²) in [6.07, 6.45) is 1.80. The molecule has 2 N–H and O–H groups in total. The molecule has 138 valence electrons. The molecule has 0 unspecified atom stereocenters. The van der Waals surface area contributed by atoms with Gasteiger partial charge < -0.3 is 19.9 Å². The summed E-state index contributed by atoms with van der Waals surface area (Å²) in [5.41, 5.74) is 2.08. The van der Waals surface area contributed by atoms with Crippen LogP contribution in [0.2, 0.25) is 0 Å². The number of morpholine rings is 1. The van der Waals surface area contributed by atoms with Crippen molar-refractivity contribution < 1.29 is 14.3 Å². The number of aromatic amines is 1. The van der Waals surface area contributed by atoms with E-state index < -0.39 is 0 Å². The molecule has 1 aromatic carbocycles. The second-order valence-electron chi connectivity index (χ2n) is 6.58. The minimum Gasteiger partial charge on any atom is -0.372 e. The van der Waals surface area contributed by atoms with E-state index >= 15 is 0 Å². The minimum atomic E-state index is -0.174. The van der Waals surface area contributed by atoms with E-state index in [1.165, 1.54) is 0 Å². The predicted molar refractivity (Wildman–Crippen MR) is 102 cm³/mol. The lowest BCUT2D eigenvalue weighted by Crippen LogP contribution is -2.48. The van der Waals surface area contributed by atoms with E-state index in [2.05, 4.69) is 26.2 Å². The number of H-pyrrole nitrogens is 1. The van der Waals surface area contributed by atoms with Crippen LogP contribution in [0.4, 0.5) is 0 Å². The summed E-state index contributed by atoms with van der Waals surface area (Å²) in [4.78, 5) is 29.4. The molecular formula is C19H22BrN3O3. The fourth-order valence-corrected chi connectivity index (χ4v) is 3.41. The van der Waals surface area contributed by atoms with Crippen LogP contribution in [0.5, 0.6) is 0 Å². The zero-order chi connectivity index (χ0) is 18.7. The third-order valence-electron chi connectivity index (χ3n) is 4.25. The molecule has 0 aliphatic carbocycles. The molecule has 7 heteroatoms. The van der Waals surface area contributed by atoms with E-state index in [1.807, 2.05) is 30.9 Å². The highest BCUT2D eigenvalue weighted by atomic mass is 79.9. The minimum absolute atomic E-state index is 0.0128. The molecule has 2 atom stereocenters. The van der Waals surface area contributed by atoms with Crippen molar-refractivity contribution >= 4 is 27.7 Å². The van der Waals surface area contributed by atoms with E-state index in [-0.39, 0.29) is 24.0 Å². The third kappa shape index (κ3) is 4.53. The number of benzene rings is 1. The molecule has 26 heavy (non-hydrogen) atoms. The molecule has 0 spiro atoms. The third-order valence-corrected chi connectivity index (χ3v) is 4.71. The van der Waals surface area contributed by atoms with E-state index in [0.29, 0.717) is 30.9 Å². The van der Waals surface area contributed by atoms with Crippen molar-refractivity contribution in [1.82, 2.24) is 15.2 Å². The molecule has 1 aromatic heterocycles. The first-order valence-corrected chi connectivity index (χ1v) is 9.37. The molecule has 0 saturated carbocycles. The quantitative estimate of drug-likeness (QED) is 0.799. The Bertz CT molecular complexity index is 778. The van der Waals surface area contributed by atoms with Crippen LogP contribution in [0.25, 0.3) is 0 Å². The van der Waals surface area contributed by atoms with E-state index in [9.17, 15) is 9.59 Å². The van der Waals surface area contributed by atoms with Gasteiger partial charge in [0.1, 0.15) is 5.69 Å². The molecule has 2 amide bonds. The summed E-state index contributed by atoms with van der Waals surface area (Å²) in [5, 5.41) is 2.85. The summed E-state index contributed by atoms with van der Waals surface area (Å²) >= 11 is 3.30. The summed E-state index contributed by atoms with van der Waals surface area (Å²) in [6, 6.07) is 9.07. The molecular weight excluding hydrogens is 398 g/mol. The first-order chi connectivity index (χ1) is 12.4. The lowest BCUT2D eigenvalue weighted by molar-refractivity contribution is -0.0586. The number of rotatable bonds is 4. The van der Waals surface area contributed by atoms with Crippen LogP contribution in [0.15, 0.2) is 41.0 Å². The maximum absolute atomic E-state index is 12.6. The molecule has 1 aliphatic heterocycles. The summed E-state index contributed by atoms with van der Waals surface area (Å²) < 4.78 is 6.51. The Kier molecular flexibility index (Phi) is 5.78. The first kappa shape index (κ1) is 18.7. The number of carbonyl (C=O) groups is 2. The van der Waals surface area contributed by atoms with Gasteiger partial charge in [-0.05, 0) is 53.5 Å². The van der Waals surface area contributed by atoms with Gasteiger partial charge in [0, 0.05) is 35.9 Å². The molecule has 6 nitrogen and oxygen atoms in total. The monoisotopic (exact) mass is 419 g/mol. The number of amides is 2. The molecule has 0 radical (unpaired) electrons. The van der Waals surface area contributed by atoms with Crippen LogP contribution >= 0.6 is 15.9 Å². The SMILES string of the molecule is C[C@H]1CN(C(=O)c2ccc(CNC(=O)c3cc(Br)c[nH]3)cc2)C[C@H](C)O1. The van der Waals surface area contributed by atoms with Gasteiger partial charge in [-0.15, -0.1) is 0 Å². The van der Waals surface area contributed by atoms with Crippen molar-refractivity contribution in [2.75, 3.05) is 13.1 Å². The van der Waals surface area contributed by atoms with Crippen LogP contribution in [0.3, 0.4) is 0 Å². The average Bonchev–Trinajstić information content (AvgIpc) is 3.05. The van der Waals surface area contributed by atoms with Crippen molar-refractivity contribution in [3.05, 3.63) is 57.8 Å². The van der Waals surface area contributed by atoms with Crippen LogP contribution in [-0.4, -0.2) is 47.0 Å². The van der Waals surface area contributed by atoms with Crippen molar-refractivity contribution in [3.63, 3.8) is 0 Å². The Hall–Kier alpha value is -2.12. The zero-order valence-corrected chi connectivity index (χ0v) is 16.4. The average molecular weight is 420 g/mol. The smallest absolute Gasteiger partial charge is 0.267 e. The Morgan fingerprint density at radius 1 is 1.23 bits per heavy atom. The molecule has 0 bridgehead atoms. The zero-order valence-electron chi connectivity index (χ0n) is 14.8. The predicted octanol–water partition coefficient (Wildman–Crippen LogP) is 2.96. The lowest BCUT2D eigenvalue weighted by atomic mass is 10.1. The molecule has 2 aromatic rings. The Morgan fingerprint density at radius 3 is 2.46 bits per heavy atom. The molecule has 2 heterocycles. The van der Waals surface area contributed by atoms with Gasteiger partial charge in [0.25, 0.3) is 11.8 Å². The van der Waals surface area contributed by atoms with Gasteiger partial charge in [0.15, 0.2) is 0 Å². The maximum Gasteiger partial charge on any atom is 0.267 e. The first-order valence-electron chi connectivity index (χ1n) is 8.58. The number of hydrogen-bond acceptors (Lipinski definition) is 3. The fraction of sp³-hybridized carbons (Fsp3) is 0.368. The normalized spacial score (nSPS) is 20.0. The fourth-order valence-electron chi connectivity index (χ4n) is 3.07. The van der Waals surface area contributed by atoms with Crippen LogP contribution in [-0.2, 0) is 11.3 Å². The van der Waals surface area contributed by atoms with Gasteiger partial charge >= 0.3 is 0 Å². The number of aromatic nitrogens is 1. The van der Waals surface area contributed by atoms with E-state index in [0.717, 1.165) is 10.0 Å². The van der Waals surface area contributed by atoms with Crippen LogP contribution < -0.4 is 5.32 Å². The van der Waals surface area contributed by atoms with Crippen molar-refractivity contribution in [1.29, 1.82) is 0 Å². The van der Waals surface area contributed by atoms with Crippen molar-refractivity contribution in [2.45, 2.75) is 32.6 Å². The highest BCUT2D eigenvalue weighted by molar-refractivity contribution is 9.10. The van der Waals surface area contributed by atoms with Gasteiger partial charge in [0.05, 0.1) is 12.2 Å². The molecule has 1 fully saturated rings. The van der Waals surface area contributed by atoms with Gasteiger partial charge in [-0.25, -0.2) is 0 Å². The maximum atomic E-state index is 12.6. The summed E-state index contributed by atoms with van der Waals surface area (Å²) in [7, 11) is 0. The van der Waals surface area contributed by atoms with Crippen LogP contribution in [0, 0.1) is 0 Å². The second-order valence-corrected chi connectivity index (χ2v) is 7.49. The number of hydrogen-bond donors (Lipinski definition) is 2. The number of ether oxygens (including phenoxy) is 1. The van der Waals surface area contributed by atoms with Crippen molar-refractivity contribution in [2.24, 2.45) is 0 Å². The number of carbonyl (C=O) groups excluding carboxylic acids is 2. The standard InChI is InChI=1S/C19H22BrN3O3/c1-12-10-23(11-13(2)26-12)19(25)15-5-3-14(4-6-15)8-22-18(24)17-7-16(20)9-21-17/h3-7,9,12-13,21H,8,10-11H2,1-2H3,(H,22,24)/t12-,13-/m0/s1. The highest BCUT2D eigenvalue weighted by Crippen LogP contribution is 2.15. The van der Waals surface area contributed by atoms with E-state index in [4.69, 9.17) is 4.74 Å².